The topological polar surface area (TPSA) is 63.1 Å². The van der Waals surface area contributed by atoms with Crippen LogP contribution in [0.3, 0.4) is 0 Å². The molecular formula is C22H24FN5O. The second-order valence-electron chi connectivity index (χ2n) is 7.60. The Morgan fingerprint density at radius 1 is 1.17 bits per heavy atom. The van der Waals surface area contributed by atoms with Gasteiger partial charge in [0.05, 0.1) is 17.1 Å². The highest BCUT2D eigenvalue weighted by atomic mass is 19.1. The summed E-state index contributed by atoms with van der Waals surface area (Å²) in [5, 5.41) is 10.9. The minimum absolute atomic E-state index is 0.123. The van der Waals surface area contributed by atoms with Gasteiger partial charge in [-0.15, -0.1) is 5.10 Å². The summed E-state index contributed by atoms with van der Waals surface area (Å²) >= 11 is 0. The highest BCUT2D eigenvalue weighted by molar-refractivity contribution is 6.03. The molecule has 0 bridgehead atoms. The van der Waals surface area contributed by atoms with Crippen LogP contribution < -0.4 is 5.32 Å². The number of nitrogens with zero attached hydrogens (tertiary/aromatic N) is 4. The maximum Gasteiger partial charge on any atom is 0.278 e. The Hall–Kier alpha value is -3.06. The van der Waals surface area contributed by atoms with Gasteiger partial charge in [0.15, 0.2) is 5.69 Å². The molecule has 1 aromatic heterocycles. The molecule has 0 radical (unpaired) electrons. The lowest BCUT2D eigenvalue weighted by molar-refractivity contribution is 0.102. The molecule has 0 aliphatic carbocycles. The van der Waals surface area contributed by atoms with E-state index in [0.717, 1.165) is 25.2 Å². The van der Waals surface area contributed by atoms with Crippen molar-refractivity contribution in [1.29, 1.82) is 0 Å². The molecular weight excluding hydrogens is 369 g/mol. The molecule has 0 atom stereocenters. The fourth-order valence-corrected chi connectivity index (χ4v) is 3.76. The van der Waals surface area contributed by atoms with Gasteiger partial charge in [-0.2, -0.15) is 0 Å². The van der Waals surface area contributed by atoms with Gasteiger partial charge in [0.1, 0.15) is 5.82 Å². The molecule has 0 saturated carbocycles. The van der Waals surface area contributed by atoms with Gasteiger partial charge in [0.2, 0.25) is 0 Å². The van der Waals surface area contributed by atoms with E-state index in [4.69, 9.17) is 0 Å². The Bertz CT molecular complexity index is 1060. The molecule has 7 heteroatoms. The van der Waals surface area contributed by atoms with Crippen LogP contribution in [0.5, 0.6) is 0 Å². The highest BCUT2D eigenvalue weighted by Crippen LogP contribution is 2.27. The molecule has 1 N–H and O–H groups in total. The summed E-state index contributed by atoms with van der Waals surface area (Å²) in [6.45, 7) is 8.10. The molecule has 0 unspecified atom stereocenters. The van der Waals surface area contributed by atoms with Crippen LogP contribution in [0.2, 0.25) is 0 Å². The predicted molar refractivity (Wildman–Crippen MR) is 110 cm³/mol. The van der Waals surface area contributed by atoms with E-state index >= 15 is 0 Å². The Labute approximate surface area is 169 Å². The van der Waals surface area contributed by atoms with Gasteiger partial charge in [0, 0.05) is 19.1 Å². The molecule has 29 heavy (non-hydrogen) atoms. The summed E-state index contributed by atoms with van der Waals surface area (Å²) in [4.78, 5) is 15.1. The fraction of sp³-hybridized carbons (Fsp3) is 0.318. The van der Waals surface area contributed by atoms with Gasteiger partial charge in [-0.25, -0.2) is 9.07 Å². The largest absolute Gasteiger partial charge is 0.318 e. The maximum atomic E-state index is 13.9. The molecule has 1 aliphatic rings. The van der Waals surface area contributed by atoms with Gasteiger partial charge >= 0.3 is 0 Å². The molecule has 1 amide bonds. The molecule has 0 saturated heterocycles. The molecule has 0 spiro atoms. The average molecular weight is 393 g/mol. The first-order valence-corrected chi connectivity index (χ1v) is 9.79. The SMILES string of the molecule is Cc1c(C(=O)Nc2ccccc2F)nnn1-c1cccc2c1CCN(C(C)C)C2. The number of carbonyl (C=O) groups excluding carboxylic acids is 1. The molecule has 2 aromatic carbocycles. The van der Waals surface area contributed by atoms with Crippen molar-refractivity contribution in [1.82, 2.24) is 19.9 Å². The highest BCUT2D eigenvalue weighted by Gasteiger charge is 2.24. The van der Waals surface area contributed by atoms with Crippen molar-refractivity contribution < 1.29 is 9.18 Å². The van der Waals surface area contributed by atoms with E-state index in [1.54, 1.807) is 23.7 Å². The van der Waals surface area contributed by atoms with Crippen molar-refractivity contribution >= 4 is 11.6 Å². The molecule has 2 heterocycles. The number of carbonyl (C=O) groups is 1. The van der Waals surface area contributed by atoms with Crippen molar-refractivity contribution in [3.63, 3.8) is 0 Å². The lowest BCUT2D eigenvalue weighted by Gasteiger charge is -2.32. The number of hydrogen-bond acceptors (Lipinski definition) is 4. The number of para-hydroxylation sites is 1. The maximum absolute atomic E-state index is 13.9. The zero-order chi connectivity index (χ0) is 20.5. The molecule has 6 nitrogen and oxygen atoms in total. The van der Waals surface area contributed by atoms with Crippen molar-refractivity contribution in [2.75, 3.05) is 11.9 Å². The second-order valence-corrected chi connectivity index (χ2v) is 7.60. The number of anilines is 1. The van der Waals surface area contributed by atoms with Crippen molar-refractivity contribution in [2.24, 2.45) is 0 Å². The Kier molecular flexibility index (Phi) is 5.15. The number of benzene rings is 2. The molecule has 3 aromatic rings. The van der Waals surface area contributed by atoms with Crippen LogP contribution in [0.25, 0.3) is 5.69 Å². The van der Waals surface area contributed by atoms with Gasteiger partial charge < -0.3 is 5.32 Å². The Morgan fingerprint density at radius 3 is 2.72 bits per heavy atom. The third-order valence-corrected chi connectivity index (χ3v) is 5.46. The summed E-state index contributed by atoms with van der Waals surface area (Å²) in [7, 11) is 0. The lowest BCUT2D eigenvalue weighted by Crippen LogP contribution is -2.36. The van der Waals surface area contributed by atoms with Crippen molar-refractivity contribution in [3.8, 4) is 5.69 Å². The number of hydrogen-bond donors (Lipinski definition) is 1. The van der Waals surface area contributed by atoms with Crippen LogP contribution in [0.15, 0.2) is 42.5 Å². The summed E-state index contributed by atoms with van der Waals surface area (Å²) in [6.07, 6.45) is 0.916. The van der Waals surface area contributed by atoms with E-state index in [1.165, 1.54) is 23.3 Å². The van der Waals surface area contributed by atoms with E-state index in [1.807, 2.05) is 12.1 Å². The quantitative estimate of drug-likeness (QED) is 0.734. The third kappa shape index (κ3) is 3.65. The van der Waals surface area contributed by atoms with Crippen LogP contribution >= 0.6 is 0 Å². The minimum Gasteiger partial charge on any atom is -0.318 e. The van der Waals surface area contributed by atoms with Gasteiger partial charge in [-0.1, -0.05) is 29.5 Å². The Balaban J connectivity index is 1.64. The molecule has 0 fully saturated rings. The Morgan fingerprint density at radius 2 is 1.97 bits per heavy atom. The number of nitrogens with one attached hydrogen (secondary N) is 1. The van der Waals surface area contributed by atoms with Gasteiger partial charge in [-0.3, -0.25) is 9.69 Å². The number of fused-ring (bicyclic) bond motifs is 1. The smallest absolute Gasteiger partial charge is 0.278 e. The fourth-order valence-electron chi connectivity index (χ4n) is 3.76. The van der Waals surface area contributed by atoms with E-state index < -0.39 is 11.7 Å². The number of amides is 1. The summed E-state index contributed by atoms with van der Waals surface area (Å²) in [5.74, 6) is -0.965. The van der Waals surface area contributed by atoms with E-state index in [9.17, 15) is 9.18 Å². The van der Waals surface area contributed by atoms with Crippen LogP contribution in [0, 0.1) is 12.7 Å². The van der Waals surface area contributed by atoms with E-state index in [0.29, 0.717) is 11.7 Å². The van der Waals surface area contributed by atoms with E-state index in [2.05, 4.69) is 40.4 Å². The molecule has 4 rings (SSSR count). The normalized spacial score (nSPS) is 14.1. The second kappa shape index (κ2) is 7.75. The first kappa shape index (κ1) is 19.3. The van der Waals surface area contributed by atoms with E-state index in [-0.39, 0.29) is 11.4 Å². The summed E-state index contributed by atoms with van der Waals surface area (Å²) in [6, 6.07) is 12.7. The number of halogens is 1. The minimum atomic E-state index is -0.488. The first-order chi connectivity index (χ1) is 14.0. The lowest BCUT2D eigenvalue weighted by atomic mass is 9.97. The third-order valence-electron chi connectivity index (χ3n) is 5.46. The van der Waals surface area contributed by atoms with Crippen LogP contribution in [0.1, 0.15) is 41.2 Å². The van der Waals surface area contributed by atoms with Crippen molar-refractivity contribution in [2.45, 2.75) is 39.8 Å². The zero-order valence-electron chi connectivity index (χ0n) is 16.8. The van der Waals surface area contributed by atoms with Gasteiger partial charge in [0.25, 0.3) is 5.91 Å². The van der Waals surface area contributed by atoms with Gasteiger partial charge in [-0.05, 0) is 56.5 Å². The molecule has 1 aliphatic heterocycles. The number of aromatic nitrogens is 3. The average Bonchev–Trinajstić information content (AvgIpc) is 3.10. The van der Waals surface area contributed by atoms with Crippen LogP contribution in [-0.2, 0) is 13.0 Å². The first-order valence-electron chi connectivity index (χ1n) is 9.79. The monoisotopic (exact) mass is 393 g/mol. The zero-order valence-corrected chi connectivity index (χ0v) is 16.8. The van der Waals surface area contributed by atoms with Crippen LogP contribution in [-0.4, -0.2) is 38.4 Å². The number of rotatable bonds is 4. The molecule has 150 valence electrons. The summed E-state index contributed by atoms with van der Waals surface area (Å²) in [5.41, 5.74) is 4.38. The van der Waals surface area contributed by atoms with Crippen LogP contribution in [0.4, 0.5) is 10.1 Å². The van der Waals surface area contributed by atoms with Crippen molar-refractivity contribution in [3.05, 3.63) is 70.8 Å². The predicted octanol–water partition coefficient (Wildman–Crippen LogP) is 3.73. The summed E-state index contributed by atoms with van der Waals surface area (Å²) < 4.78 is 15.6. The standard InChI is InChI=1S/C22H24FN5O/c1-14(2)27-12-11-17-16(13-27)7-6-10-20(17)28-15(3)21(25-26-28)22(29)24-19-9-5-4-8-18(19)23/h4-10,14H,11-13H2,1-3H3,(H,24,29).